The smallest absolute Gasteiger partial charge is 0.160 e. The van der Waals surface area contributed by atoms with E-state index in [1.165, 1.54) is 0 Å². The number of hydrogen-bond acceptors (Lipinski definition) is 4. The molecule has 100 valence electrons. The van der Waals surface area contributed by atoms with Crippen LogP contribution in [-0.4, -0.2) is 21.5 Å². The summed E-state index contributed by atoms with van der Waals surface area (Å²) < 4.78 is 0.927. The van der Waals surface area contributed by atoms with Crippen molar-refractivity contribution >= 4 is 15.9 Å². The third-order valence-electron chi connectivity index (χ3n) is 2.96. The van der Waals surface area contributed by atoms with E-state index in [1.807, 2.05) is 19.2 Å². The van der Waals surface area contributed by atoms with Crippen molar-refractivity contribution < 1.29 is 0 Å². The molecule has 1 unspecified atom stereocenters. The molecule has 0 aliphatic heterocycles. The molecule has 0 aromatic carbocycles. The fourth-order valence-electron chi connectivity index (χ4n) is 1.99. The Balaban J connectivity index is 2.33. The van der Waals surface area contributed by atoms with Crippen molar-refractivity contribution in [1.82, 2.24) is 20.3 Å². The highest BCUT2D eigenvalue weighted by molar-refractivity contribution is 9.10. The first-order valence-electron chi connectivity index (χ1n) is 6.29. The Kier molecular flexibility index (Phi) is 4.61. The maximum absolute atomic E-state index is 4.58. The minimum Gasteiger partial charge on any atom is -0.310 e. The van der Waals surface area contributed by atoms with Gasteiger partial charge in [-0.15, -0.1) is 0 Å². The van der Waals surface area contributed by atoms with Gasteiger partial charge in [-0.1, -0.05) is 6.92 Å². The zero-order valence-corrected chi connectivity index (χ0v) is 12.9. The second-order valence-electron chi connectivity index (χ2n) is 4.41. The molecule has 0 radical (unpaired) electrons. The van der Waals surface area contributed by atoms with Crippen molar-refractivity contribution in [3.63, 3.8) is 0 Å². The first kappa shape index (κ1) is 14.1. The molecule has 5 heteroatoms. The van der Waals surface area contributed by atoms with Crippen LogP contribution in [0.1, 0.15) is 31.1 Å². The van der Waals surface area contributed by atoms with E-state index in [2.05, 4.69) is 50.0 Å². The highest BCUT2D eigenvalue weighted by Gasteiger charge is 2.11. The standard InChI is InChI=1S/C14H17BrN4/c1-4-17-9(2)13-8-18-14(19-10(13)3)11-5-12(15)7-16-6-11/h5-9,17H,4H2,1-3H3. The first-order valence-corrected chi connectivity index (χ1v) is 7.09. The summed E-state index contributed by atoms with van der Waals surface area (Å²) in [6, 6.07) is 2.23. The van der Waals surface area contributed by atoms with Crippen LogP contribution in [-0.2, 0) is 0 Å². The van der Waals surface area contributed by atoms with E-state index in [0.717, 1.165) is 27.8 Å². The zero-order chi connectivity index (χ0) is 13.8. The van der Waals surface area contributed by atoms with Crippen molar-refractivity contribution in [1.29, 1.82) is 0 Å². The maximum Gasteiger partial charge on any atom is 0.160 e. The molecule has 2 heterocycles. The normalized spacial score (nSPS) is 12.4. The summed E-state index contributed by atoms with van der Waals surface area (Å²) in [6.45, 7) is 7.15. The molecule has 0 amide bonds. The van der Waals surface area contributed by atoms with Crippen LogP contribution in [0.2, 0.25) is 0 Å². The molecule has 19 heavy (non-hydrogen) atoms. The van der Waals surface area contributed by atoms with E-state index in [0.29, 0.717) is 5.82 Å². The molecule has 4 nitrogen and oxygen atoms in total. The average Bonchev–Trinajstić information content (AvgIpc) is 2.38. The lowest BCUT2D eigenvalue weighted by molar-refractivity contribution is 0.590. The lowest BCUT2D eigenvalue weighted by atomic mass is 10.1. The lowest BCUT2D eigenvalue weighted by Gasteiger charge is -2.15. The van der Waals surface area contributed by atoms with Gasteiger partial charge in [-0.25, -0.2) is 9.97 Å². The van der Waals surface area contributed by atoms with Gasteiger partial charge < -0.3 is 5.32 Å². The summed E-state index contributed by atoms with van der Waals surface area (Å²) in [5.41, 5.74) is 3.05. The Hall–Kier alpha value is -1.33. The van der Waals surface area contributed by atoms with E-state index >= 15 is 0 Å². The quantitative estimate of drug-likeness (QED) is 0.939. The summed E-state index contributed by atoms with van der Waals surface area (Å²) in [6.07, 6.45) is 5.41. The molecule has 1 atom stereocenters. The van der Waals surface area contributed by atoms with Gasteiger partial charge in [-0.2, -0.15) is 0 Å². The summed E-state index contributed by atoms with van der Waals surface area (Å²) in [7, 11) is 0. The second kappa shape index (κ2) is 6.21. The Morgan fingerprint density at radius 3 is 2.74 bits per heavy atom. The van der Waals surface area contributed by atoms with Gasteiger partial charge in [0.15, 0.2) is 5.82 Å². The topological polar surface area (TPSA) is 50.7 Å². The second-order valence-corrected chi connectivity index (χ2v) is 5.32. The van der Waals surface area contributed by atoms with Crippen LogP contribution < -0.4 is 5.32 Å². The molecule has 0 aliphatic carbocycles. The summed E-state index contributed by atoms with van der Waals surface area (Å²) in [4.78, 5) is 13.2. The zero-order valence-electron chi connectivity index (χ0n) is 11.3. The van der Waals surface area contributed by atoms with Crippen LogP contribution in [0.5, 0.6) is 0 Å². The van der Waals surface area contributed by atoms with Crippen molar-refractivity contribution in [3.05, 3.63) is 40.4 Å². The number of pyridine rings is 1. The van der Waals surface area contributed by atoms with Gasteiger partial charge in [0.05, 0.1) is 0 Å². The van der Waals surface area contributed by atoms with Gasteiger partial charge in [0.1, 0.15) is 0 Å². The van der Waals surface area contributed by atoms with E-state index in [4.69, 9.17) is 0 Å². The summed E-state index contributed by atoms with van der Waals surface area (Å²) in [5.74, 6) is 0.707. The number of hydrogen-bond donors (Lipinski definition) is 1. The van der Waals surface area contributed by atoms with E-state index < -0.39 is 0 Å². The largest absolute Gasteiger partial charge is 0.310 e. The molecule has 2 aromatic heterocycles. The van der Waals surface area contributed by atoms with E-state index in [1.54, 1.807) is 12.4 Å². The molecule has 1 N–H and O–H groups in total. The highest BCUT2D eigenvalue weighted by atomic mass is 79.9. The molecule has 2 rings (SSSR count). The fourth-order valence-corrected chi connectivity index (χ4v) is 2.36. The molecule has 0 bridgehead atoms. The first-order chi connectivity index (χ1) is 9.11. The van der Waals surface area contributed by atoms with Crippen molar-refractivity contribution in [2.45, 2.75) is 26.8 Å². The van der Waals surface area contributed by atoms with E-state index in [9.17, 15) is 0 Å². The van der Waals surface area contributed by atoms with Crippen LogP contribution in [0.25, 0.3) is 11.4 Å². The minimum atomic E-state index is 0.264. The Morgan fingerprint density at radius 2 is 2.11 bits per heavy atom. The number of aryl methyl sites for hydroxylation is 1. The minimum absolute atomic E-state index is 0.264. The molecular weight excluding hydrogens is 304 g/mol. The summed E-state index contributed by atoms with van der Waals surface area (Å²) >= 11 is 3.41. The van der Waals surface area contributed by atoms with Gasteiger partial charge in [0, 0.05) is 45.9 Å². The maximum atomic E-state index is 4.58. The number of nitrogens with one attached hydrogen (secondary N) is 1. The Morgan fingerprint density at radius 1 is 1.32 bits per heavy atom. The number of halogens is 1. The number of nitrogens with zero attached hydrogens (tertiary/aromatic N) is 3. The Bertz CT molecular complexity index is 571. The van der Waals surface area contributed by atoms with Crippen LogP contribution in [0, 0.1) is 6.92 Å². The number of aromatic nitrogens is 3. The van der Waals surface area contributed by atoms with Crippen molar-refractivity contribution in [2.24, 2.45) is 0 Å². The lowest BCUT2D eigenvalue weighted by Crippen LogP contribution is -2.19. The van der Waals surface area contributed by atoms with Gasteiger partial charge in [0.25, 0.3) is 0 Å². The van der Waals surface area contributed by atoms with Crippen LogP contribution in [0.3, 0.4) is 0 Å². The molecule has 0 fully saturated rings. The summed E-state index contributed by atoms with van der Waals surface area (Å²) in [5, 5.41) is 3.37. The molecule has 0 saturated carbocycles. The highest BCUT2D eigenvalue weighted by Crippen LogP contribution is 2.21. The Labute approximate surface area is 121 Å². The van der Waals surface area contributed by atoms with Crippen LogP contribution in [0.4, 0.5) is 0 Å². The molecule has 0 aliphatic rings. The third kappa shape index (κ3) is 3.36. The monoisotopic (exact) mass is 320 g/mol. The van der Waals surface area contributed by atoms with Gasteiger partial charge in [0.2, 0.25) is 0 Å². The molecule has 0 saturated heterocycles. The molecule has 0 spiro atoms. The van der Waals surface area contributed by atoms with Crippen molar-refractivity contribution in [3.8, 4) is 11.4 Å². The average molecular weight is 321 g/mol. The van der Waals surface area contributed by atoms with Gasteiger partial charge in [-0.3, -0.25) is 4.98 Å². The fraction of sp³-hybridized carbons (Fsp3) is 0.357. The molecular formula is C14H17BrN4. The predicted octanol–water partition coefficient (Wildman–Crippen LogP) is 3.28. The van der Waals surface area contributed by atoms with Crippen LogP contribution >= 0.6 is 15.9 Å². The number of rotatable bonds is 4. The predicted molar refractivity (Wildman–Crippen MR) is 79.8 cm³/mol. The third-order valence-corrected chi connectivity index (χ3v) is 3.39. The van der Waals surface area contributed by atoms with Gasteiger partial charge in [-0.05, 0) is 42.4 Å². The van der Waals surface area contributed by atoms with Crippen LogP contribution in [0.15, 0.2) is 29.1 Å². The molecule has 2 aromatic rings. The SMILES string of the molecule is CCNC(C)c1cnc(-c2cncc(Br)c2)nc1C. The van der Waals surface area contributed by atoms with Crippen molar-refractivity contribution in [2.75, 3.05) is 6.54 Å². The van der Waals surface area contributed by atoms with Gasteiger partial charge >= 0.3 is 0 Å². The van der Waals surface area contributed by atoms with E-state index in [-0.39, 0.29) is 6.04 Å².